The van der Waals surface area contributed by atoms with Crippen molar-refractivity contribution in [3.63, 3.8) is 0 Å². The molecule has 0 aliphatic heterocycles. The Balaban J connectivity index is 1.40. The molecule has 3 aromatic rings. The van der Waals surface area contributed by atoms with Crippen LogP contribution in [0, 0.1) is 17.8 Å². The SMILES string of the molecule is COC(C)OCOc1cc2ccc(-c3ccc(CO)cc3)cc2cc1C12CC3CC(CC(C3)C1)C2. The molecular formula is C31H36O4. The van der Waals surface area contributed by atoms with Crippen molar-refractivity contribution in [2.75, 3.05) is 13.9 Å². The van der Waals surface area contributed by atoms with E-state index in [1.54, 1.807) is 7.11 Å². The highest BCUT2D eigenvalue weighted by atomic mass is 16.7. The molecule has 0 spiro atoms. The molecule has 35 heavy (non-hydrogen) atoms. The second-order valence-electron chi connectivity index (χ2n) is 11.2. The molecule has 4 aliphatic rings. The van der Waals surface area contributed by atoms with Crippen LogP contribution < -0.4 is 4.74 Å². The van der Waals surface area contributed by atoms with E-state index in [-0.39, 0.29) is 25.1 Å². The third-order valence-electron chi connectivity index (χ3n) is 8.87. The molecule has 1 unspecified atom stereocenters. The molecule has 1 N–H and O–H groups in total. The van der Waals surface area contributed by atoms with E-state index < -0.39 is 0 Å². The summed E-state index contributed by atoms with van der Waals surface area (Å²) in [6.07, 6.45) is 7.84. The molecule has 4 fully saturated rings. The molecule has 0 aromatic heterocycles. The second-order valence-corrected chi connectivity index (χ2v) is 11.2. The topological polar surface area (TPSA) is 47.9 Å². The first-order valence-corrected chi connectivity index (χ1v) is 13.1. The quantitative estimate of drug-likeness (QED) is 0.366. The number of aliphatic hydroxyl groups excluding tert-OH is 1. The first kappa shape index (κ1) is 23.0. The largest absolute Gasteiger partial charge is 0.467 e. The smallest absolute Gasteiger partial charge is 0.191 e. The van der Waals surface area contributed by atoms with Gasteiger partial charge in [-0.2, -0.15) is 0 Å². The highest BCUT2D eigenvalue weighted by Crippen LogP contribution is 2.62. The van der Waals surface area contributed by atoms with Crippen molar-refractivity contribution >= 4 is 10.8 Å². The number of rotatable bonds is 8. The summed E-state index contributed by atoms with van der Waals surface area (Å²) in [5, 5.41) is 11.8. The van der Waals surface area contributed by atoms with Crippen LogP contribution in [-0.2, 0) is 21.5 Å². The maximum Gasteiger partial charge on any atom is 0.191 e. The molecule has 4 bridgehead atoms. The van der Waals surface area contributed by atoms with E-state index in [9.17, 15) is 5.11 Å². The van der Waals surface area contributed by atoms with E-state index >= 15 is 0 Å². The fourth-order valence-electron chi connectivity index (χ4n) is 7.49. The Morgan fingerprint density at radius 2 is 1.51 bits per heavy atom. The number of hydrogen-bond donors (Lipinski definition) is 1. The molecule has 4 nitrogen and oxygen atoms in total. The minimum absolute atomic E-state index is 0.0715. The minimum Gasteiger partial charge on any atom is -0.467 e. The summed E-state index contributed by atoms with van der Waals surface area (Å²) in [4.78, 5) is 0. The van der Waals surface area contributed by atoms with E-state index in [0.717, 1.165) is 29.1 Å². The van der Waals surface area contributed by atoms with Gasteiger partial charge in [-0.3, -0.25) is 0 Å². The fraction of sp³-hybridized carbons (Fsp3) is 0.484. The molecule has 0 radical (unpaired) electrons. The highest BCUT2D eigenvalue weighted by molar-refractivity contribution is 5.89. The van der Waals surface area contributed by atoms with Gasteiger partial charge in [0.25, 0.3) is 0 Å². The summed E-state index contributed by atoms with van der Waals surface area (Å²) in [5.74, 6) is 3.57. The van der Waals surface area contributed by atoms with Gasteiger partial charge in [-0.1, -0.05) is 36.4 Å². The van der Waals surface area contributed by atoms with Gasteiger partial charge in [0.15, 0.2) is 13.1 Å². The van der Waals surface area contributed by atoms with E-state index in [0.29, 0.717) is 0 Å². The summed E-state index contributed by atoms with van der Waals surface area (Å²) in [6.45, 7) is 2.15. The summed E-state index contributed by atoms with van der Waals surface area (Å²) < 4.78 is 17.3. The third kappa shape index (κ3) is 4.37. The lowest BCUT2D eigenvalue weighted by Crippen LogP contribution is -2.48. The van der Waals surface area contributed by atoms with Crippen molar-refractivity contribution in [1.82, 2.24) is 0 Å². The number of hydrogen-bond acceptors (Lipinski definition) is 4. The van der Waals surface area contributed by atoms with Crippen molar-refractivity contribution in [2.24, 2.45) is 17.8 Å². The summed E-state index contributed by atoms with van der Waals surface area (Å²) in [6, 6.07) is 19.5. The van der Waals surface area contributed by atoms with Crippen molar-refractivity contribution in [1.29, 1.82) is 0 Å². The van der Waals surface area contributed by atoms with Gasteiger partial charge in [-0.25, -0.2) is 0 Å². The van der Waals surface area contributed by atoms with Crippen LogP contribution >= 0.6 is 0 Å². The van der Waals surface area contributed by atoms with Gasteiger partial charge in [0.2, 0.25) is 0 Å². The predicted molar refractivity (Wildman–Crippen MR) is 138 cm³/mol. The zero-order valence-corrected chi connectivity index (χ0v) is 20.8. The lowest BCUT2D eigenvalue weighted by atomic mass is 9.48. The van der Waals surface area contributed by atoms with Gasteiger partial charge < -0.3 is 19.3 Å². The Bertz CT molecular complexity index is 1160. The first-order chi connectivity index (χ1) is 17.0. The highest BCUT2D eigenvalue weighted by Gasteiger charge is 2.52. The maximum atomic E-state index is 9.39. The molecule has 0 saturated heterocycles. The molecular weight excluding hydrogens is 436 g/mol. The Morgan fingerprint density at radius 1 is 0.857 bits per heavy atom. The van der Waals surface area contributed by atoms with Crippen molar-refractivity contribution in [2.45, 2.75) is 63.8 Å². The fourth-order valence-corrected chi connectivity index (χ4v) is 7.49. The molecule has 3 aromatic carbocycles. The Hall–Kier alpha value is -2.40. The van der Waals surface area contributed by atoms with Gasteiger partial charge in [0.1, 0.15) is 5.75 Å². The third-order valence-corrected chi connectivity index (χ3v) is 8.87. The second kappa shape index (κ2) is 9.24. The molecule has 0 amide bonds. The normalized spacial score (nSPS) is 27.9. The van der Waals surface area contributed by atoms with Crippen LogP contribution in [-0.4, -0.2) is 25.3 Å². The summed E-state index contributed by atoms with van der Waals surface area (Å²) >= 11 is 0. The zero-order chi connectivity index (χ0) is 24.0. The lowest BCUT2D eigenvalue weighted by molar-refractivity contribution is -0.150. The van der Waals surface area contributed by atoms with E-state index in [1.165, 1.54) is 66.0 Å². The Labute approximate surface area is 208 Å². The summed E-state index contributed by atoms with van der Waals surface area (Å²) in [7, 11) is 1.65. The number of benzene rings is 3. The molecule has 1 atom stereocenters. The van der Waals surface area contributed by atoms with Crippen molar-refractivity contribution in [3.8, 4) is 16.9 Å². The maximum absolute atomic E-state index is 9.39. The van der Waals surface area contributed by atoms with Crippen LogP contribution in [0.4, 0.5) is 0 Å². The molecule has 184 valence electrons. The van der Waals surface area contributed by atoms with Gasteiger partial charge >= 0.3 is 0 Å². The van der Waals surface area contributed by atoms with Crippen LogP contribution in [0.2, 0.25) is 0 Å². The van der Waals surface area contributed by atoms with Crippen LogP contribution in [0.15, 0.2) is 54.6 Å². The monoisotopic (exact) mass is 472 g/mol. The van der Waals surface area contributed by atoms with E-state index in [2.05, 4.69) is 42.5 Å². The number of fused-ring (bicyclic) bond motifs is 1. The number of methoxy groups -OCH3 is 1. The first-order valence-electron chi connectivity index (χ1n) is 13.1. The predicted octanol–water partition coefficient (Wildman–Crippen LogP) is 6.81. The Morgan fingerprint density at radius 3 is 2.14 bits per heavy atom. The molecule has 4 saturated carbocycles. The lowest BCUT2D eigenvalue weighted by Gasteiger charge is -2.57. The summed E-state index contributed by atoms with van der Waals surface area (Å²) in [5.41, 5.74) is 4.91. The minimum atomic E-state index is -0.293. The Kier molecular flexibility index (Phi) is 6.08. The van der Waals surface area contributed by atoms with Crippen LogP contribution in [0.1, 0.15) is 56.6 Å². The molecule has 0 heterocycles. The van der Waals surface area contributed by atoms with Gasteiger partial charge in [-0.15, -0.1) is 0 Å². The van der Waals surface area contributed by atoms with Crippen LogP contribution in [0.5, 0.6) is 5.75 Å². The van der Waals surface area contributed by atoms with E-state index in [1.807, 2.05) is 19.1 Å². The van der Waals surface area contributed by atoms with Crippen molar-refractivity contribution < 1.29 is 19.3 Å². The van der Waals surface area contributed by atoms with Gasteiger partial charge in [0, 0.05) is 12.7 Å². The van der Waals surface area contributed by atoms with Gasteiger partial charge in [-0.05, 0) is 114 Å². The average molecular weight is 473 g/mol. The number of aliphatic hydroxyl groups is 1. The van der Waals surface area contributed by atoms with Crippen LogP contribution in [0.25, 0.3) is 21.9 Å². The number of ether oxygens (including phenoxy) is 3. The average Bonchev–Trinajstić information content (AvgIpc) is 2.87. The standard InChI is InChI=1S/C31H36O4/c1-20(33-2)34-19-35-30-14-27-8-7-26(25-5-3-21(18-32)4-6-25)12-28(27)13-29(30)31-15-22-9-23(16-31)11-24(10-22)17-31/h3-8,12-14,20,22-24,32H,9-11,15-19H2,1-2H3. The van der Waals surface area contributed by atoms with E-state index in [4.69, 9.17) is 14.2 Å². The zero-order valence-electron chi connectivity index (χ0n) is 20.8. The molecule has 4 heteroatoms. The molecule has 7 rings (SSSR count). The van der Waals surface area contributed by atoms with Gasteiger partial charge in [0.05, 0.1) is 6.61 Å². The molecule has 4 aliphatic carbocycles. The van der Waals surface area contributed by atoms with Crippen LogP contribution in [0.3, 0.4) is 0 Å². The van der Waals surface area contributed by atoms with Crippen molar-refractivity contribution in [3.05, 3.63) is 65.7 Å².